The molecule has 0 unspecified atom stereocenters. The molecule has 2 nitrogen and oxygen atoms in total. The first-order chi connectivity index (χ1) is 8.66. The van der Waals surface area contributed by atoms with E-state index in [1.54, 1.807) is 12.1 Å². The van der Waals surface area contributed by atoms with Crippen molar-refractivity contribution in [2.75, 3.05) is 6.54 Å². The SMILES string of the molecule is Cc1ccc(F)c(C(=O)NCCC2=CCCC2)c1. The van der Waals surface area contributed by atoms with Crippen LogP contribution < -0.4 is 5.32 Å². The van der Waals surface area contributed by atoms with Gasteiger partial charge in [0.15, 0.2) is 0 Å². The molecule has 3 heteroatoms. The first-order valence-corrected chi connectivity index (χ1v) is 6.39. The molecule has 0 saturated heterocycles. The van der Waals surface area contributed by atoms with Gasteiger partial charge in [0.25, 0.3) is 5.91 Å². The summed E-state index contributed by atoms with van der Waals surface area (Å²) in [6, 6.07) is 4.58. The number of carbonyl (C=O) groups is 1. The first kappa shape index (κ1) is 12.8. The van der Waals surface area contributed by atoms with Crippen LogP contribution in [0.4, 0.5) is 4.39 Å². The topological polar surface area (TPSA) is 29.1 Å². The average molecular weight is 247 g/mol. The smallest absolute Gasteiger partial charge is 0.254 e. The predicted octanol–water partition coefficient (Wildman–Crippen LogP) is 3.36. The fraction of sp³-hybridized carbons (Fsp3) is 0.400. The molecule has 2 rings (SSSR count). The molecular formula is C15H18FNO. The number of amides is 1. The van der Waals surface area contributed by atoms with Gasteiger partial charge in [-0.3, -0.25) is 4.79 Å². The van der Waals surface area contributed by atoms with E-state index in [2.05, 4.69) is 11.4 Å². The third-order valence-corrected chi connectivity index (χ3v) is 3.23. The highest BCUT2D eigenvalue weighted by atomic mass is 19.1. The molecule has 1 aliphatic rings. The average Bonchev–Trinajstić information content (AvgIpc) is 2.85. The number of benzene rings is 1. The fourth-order valence-corrected chi connectivity index (χ4v) is 2.21. The Labute approximate surface area is 107 Å². The lowest BCUT2D eigenvalue weighted by molar-refractivity contribution is 0.0950. The molecule has 0 fully saturated rings. The number of rotatable bonds is 4. The Kier molecular flexibility index (Phi) is 4.13. The second kappa shape index (κ2) is 5.80. The van der Waals surface area contributed by atoms with Gasteiger partial charge < -0.3 is 5.32 Å². The van der Waals surface area contributed by atoms with E-state index in [-0.39, 0.29) is 11.5 Å². The van der Waals surface area contributed by atoms with Gasteiger partial charge in [0, 0.05) is 6.54 Å². The number of aryl methyl sites for hydroxylation is 1. The predicted molar refractivity (Wildman–Crippen MR) is 70.0 cm³/mol. The van der Waals surface area contributed by atoms with Crippen LogP contribution in [0.15, 0.2) is 29.8 Å². The van der Waals surface area contributed by atoms with Crippen LogP contribution in [0.25, 0.3) is 0 Å². The summed E-state index contributed by atoms with van der Waals surface area (Å²) in [5.74, 6) is -0.784. The number of allylic oxidation sites excluding steroid dienone is 1. The Balaban J connectivity index is 1.89. The van der Waals surface area contributed by atoms with E-state index < -0.39 is 5.82 Å². The van der Waals surface area contributed by atoms with Gasteiger partial charge in [-0.2, -0.15) is 0 Å². The van der Waals surface area contributed by atoms with Crippen molar-refractivity contribution in [3.8, 4) is 0 Å². The largest absolute Gasteiger partial charge is 0.352 e. The van der Waals surface area contributed by atoms with Gasteiger partial charge in [0.05, 0.1) is 5.56 Å². The zero-order chi connectivity index (χ0) is 13.0. The first-order valence-electron chi connectivity index (χ1n) is 6.39. The van der Waals surface area contributed by atoms with Crippen molar-refractivity contribution in [1.29, 1.82) is 0 Å². The maximum absolute atomic E-state index is 13.5. The monoisotopic (exact) mass is 247 g/mol. The van der Waals surface area contributed by atoms with E-state index in [0.717, 1.165) is 24.8 Å². The van der Waals surface area contributed by atoms with E-state index in [1.807, 2.05) is 6.92 Å². The van der Waals surface area contributed by atoms with Crippen molar-refractivity contribution in [3.63, 3.8) is 0 Å². The molecule has 1 aromatic carbocycles. The number of hydrogen-bond donors (Lipinski definition) is 1. The summed E-state index contributed by atoms with van der Waals surface area (Å²) in [7, 11) is 0. The maximum atomic E-state index is 13.5. The molecule has 96 valence electrons. The molecule has 0 aromatic heterocycles. The van der Waals surface area contributed by atoms with Crippen molar-refractivity contribution >= 4 is 5.91 Å². The quantitative estimate of drug-likeness (QED) is 0.812. The van der Waals surface area contributed by atoms with Crippen LogP contribution in [-0.2, 0) is 0 Å². The van der Waals surface area contributed by atoms with E-state index in [4.69, 9.17) is 0 Å². The molecular weight excluding hydrogens is 229 g/mol. The summed E-state index contributed by atoms with van der Waals surface area (Å²) >= 11 is 0. The van der Waals surface area contributed by atoms with E-state index >= 15 is 0 Å². The molecule has 0 spiro atoms. The normalized spacial score (nSPS) is 14.4. The van der Waals surface area contributed by atoms with E-state index in [9.17, 15) is 9.18 Å². The van der Waals surface area contributed by atoms with Crippen LogP contribution in [0.1, 0.15) is 41.6 Å². The van der Waals surface area contributed by atoms with Gasteiger partial charge >= 0.3 is 0 Å². The maximum Gasteiger partial charge on any atom is 0.254 e. The number of hydrogen-bond acceptors (Lipinski definition) is 1. The summed E-state index contributed by atoms with van der Waals surface area (Å²) in [5.41, 5.74) is 2.43. The fourth-order valence-electron chi connectivity index (χ4n) is 2.21. The standard InChI is InChI=1S/C15H18FNO/c1-11-6-7-14(16)13(10-11)15(18)17-9-8-12-4-2-3-5-12/h4,6-7,10H,2-3,5,8-9H2,1H3,(H,17,18). The lowest BCUT2D eigenvalue weighted by Gasteiger charge is -2.07. The summed E-state index contributed by atoms with van der Waals surface area (Å²) in [5, 5.41) is 2.77. The van der Waals surface area contributed by atoms with Crippen molar-refractivity contribution < 1.29 is 9.18 Å². The Morgan fingerprint density at radius 3 is 3.00 bits per heavy atom. The Morgan fingerprint density at radius 2 is 2.28 bits per heavy atom. The molecule has 1 amide bonds. The second-order valence-electron chi connectivity index (χ2n) is 4.74. The highest BCUT2D eigenvalue weighted by molar-refractivity contribution is 5.94. The molecule has 0 atom stereocenters. The van der Waals surface area contributed by atoms with Crippen LogP contribution in [0.3, 0.4) is 0 Å². The van der Waals surface area contributed by atoms with Crippen molar-refractivity contribution in [2.24, 2.45) is 0 Å². The zero-order valence-electron chi connectivity index (χ0n) is 10.6. The minimum absolute atomic E-state index is 0.135. The highest BCUT2D eigenvalue weighted by Gasteiger charge is 2.11. The Hall–Kier alpha value is -1.64. The number of halogens is 1. The van der Waals surface area contributed by atoms with Gasteiger partial charge in [-0.1, -0.05) is 23.3 Å². The molecule has 18 heavy (non-hydrogen) atoms. The van der Waals surface area contributed by atoms with Crippen molar-refractivity contribution in [2.45, 2.75) is 32.6 Å². The lowest BCUT2D eigenvalue weighted by atomic mass is 10.1. The molecule has 0 saturated carbocycles. The van der Waals surface area contributed by atoms with Crippen LogP contribution in [0.5, 0.6) is 0 Å². The van der Waals surface area contributed by atoms with Crippen LogP contribution in [0, 0.1) is 12.7 Å². The van der Waals surface area contributed by atoms with Gasteiger partial charge in [0.1, 0.15) is 5.82 Å². The molecule has 1 aliphatic carbocycles. The lowest BCUT2D eigenvalue weighted by Crippen LogP contribution is -2.25. The van der Waals surface area contributed by atoms with Gasteiger partial charge in [-0.15, -0.1) is 0 Å². The van der Waals surface area contributed by atoms with Crippen molar-refractivity contribution in [1.82, 2.24) is 5.32 Å². The zero-order valence-corrected chi connectivity index (χ0v) is 10.6. The Bertz CT molecular complexity index is 479. The summed E-state index contributed by atoms with van der Waals surface area (Å²) < 4.78 is 13.5. The number of carbonyl (C=O) groups excluding carboxylic acids is 1. The van der Waals surface area contributed by atoms with Gasteiger partial charge in [-0.25, -0.2) is 4.39 Å². The van der Waals surface area contributed by atoms with E-state index in [0.29, 0.717) is 6.54 Å². The second-order valence-corrected chi connectivity index (χ2v) is 4.74. The summed E-state index contributed by atoms with van der Waals surface area (Å²) in [6.07, 6.45) is 6.61. The van der Waals surface area contributed by atoms with Crippen LogP contribution in [0.2, 0.25) is 0 Å². The third-order valence-electron chi connectivity index (χ3n) is 3.23. The van der Waals surface area contributed by atoms with E-state index in [1.165, 1.54) is 18.1 Å². The molecule has 0 aliphatic heterocycles. The molecule has 0 heterocycles. The summed E-state index contributed by atoms with van der Waals surface area (Å²) in [6.45, 7) is 2.43. The van der Waals surface area contributed by atoms with Gasteiger partial charge in [-0.05, 0) is 44.7 Å². The number of nitrogens with one attached hydrogen (secondary N) is 1. The minimum atomic E-state index is -0.460. The molecule has 0 radical (unpaired) electrons. The Morgan fingerprint density at radius 1 is 1.44 bits per heavy atom. The highest BCUT2D eigenvalue weighted by Crippen LogP contribution is 2.19. The van der Waals surface area contributed by atoms with Crippen LogP contribution >= 0.6 is 0 Å². The molecule has 1 aromatic rings. The van der Waals surface area contributed by atoms with Crippen LogP contribution in [-0.4, -0.2) is 12.5 Å². The van der Waals surface area contributed by atoms with Gasteiger partial charge in [0.2, 0.25) is 0 Å². The summed E-state index contributed by atoms with van der Waals surface area (Å²) in [4.78, 5) is 11.8. The van der Waals surface area contributed by atoms with Crippen molar-refractivity contribution in [3.05, 3.63) is 46.8 Å². The minimum Gasteiger partial charge on any atom is -0.352 e. The third kappa shape index (κ3) is 3.19. The molecule has 0 bridgehead atoms. The molecule has 1 N–H and O–H groups in total.